The summed E-state index contributed by atoms with van der Waals surface area (Å²) >= 11 is 0. The van der Waals surface area contributed by atoms with E-state index < -0.39 is 5.82 Å². The van der Waals surface area contributed by atoms with E-state index in [0.717, 1.165) is 6.20 Å². The number of rotatable bonds is 2. The van der Waals surface area contributed by atoms with Gasteiger partial charge in [0.25, 0.3) is 5.89 Å². The zero-order chi connectivity index (χ0) is 13.9. The second-order valence-corrected chi connectivity index (χ2v) is 3.83. The molecule has 0 spiro atoms. The first-order chi connectivity index (χ1) is 9.76. The highest BCUT2D eigenvalue weighted by molar-refractivity contribution is 5.54. The van der Waals surface area contributed by atoms with Crippen molar-refractivity contribution in [2.24, 2.45) is 0 Å². The van der Waals surface area contributed by atoms with Crippen molar-refractivity contribution in [1.82, 2.24) is 20.1 Å². The molecule has 0 bridgehead atoms. The highest BCUT2D eigenvalue weighted by Gasteiger charge is 2.12. The van der Waals surface area contributed by atoms with E-state index >= 15 is 0 Å². The molecule has 0 radical (unpaired) electrons. The Balaban J connectivity index is 1.93. The van der Waals surface area contributed by atoms with Crippen LogP contribution in [0.3, 0.4) is 0 Å². The van der Waals surface area contributed by atoms with Crippen LogP contribution in [0.5, 0.6) is 0 Å². The molecular formula is C13H6FN5O. The van der Waals surface area contributed by atoms with Gasteiger partial charge in [-0.2, -0.15) is 10.2 Å². The fourth-order valence-electron chi connectivity index (χ4n) is 1.53. The SMILES string of the molecule is N#Cc1ccc(-c2nc(-c3ccc(F)cn3)no2)nc1. The minimum atomic E-state index is -0.439. The molecular weight excluding hydrogens is 261 g/mol. The first kappa shape index (κ1) is 11.9. The predicted octanol–water partition coefficient (Wildman–Crippen LogP) is 2.20. The van der Waals surface area contributed by atoms with Crippen LogP contribution in [0.4, 0.5) is 4.39 Å². The number of hydrogen-bond donors (Lipinski definition) is 0. The van der Waals surface area contributed by atoms with Crippen LogP contribution in [0, 0.1) is 17.1 Å². The highest BCUT2D eigenvalue weighted by atomic mass is 19.1. The second kappa shape index (κ2) is 4.85. The van der Waals surface area contributed by atoms with Crippen molar-refractivity contribution in [2.75, 3.05) is 0 Å². The summed E-state index contributed by atoms with van der Waals surface area (Å²) in [5.41, 5.74) is 1.29. The van der Waals surface area contributed by atoms with Gasteiger partial charge in [-0.15, -0.1) is 0 Å². The van der Waals surface area contributed by atoms with Crippen LogP contribution >= 0.6 is 0 Å². The molecule has 0 saturated heterocycles. The van der Waals surface area contributed by atoms with E-state index in [9.17, 15) is 4.39 Å². The fraction of sp³-hybridized carbons (Fsp3) is 0. The molecule has 0 aliphatic carbocycles. The van der Waals surface area contributed by atoms with Crippen molar-refractivity contribution in [3.05, 3.63) is 48.0 Å². The van der Waals surface area contributed by atoms with Gasteiger partial charge in [0.15, 0.2) is 0 Å². The van der Waals surface area contributed by atoms with E-state index in [1.807, 2.05) is 6.07 Å². The first-order valence-corrected chi connectivity index (χ1v) is 5.58. The fourth-order valence-corrected chi connectivity index (χ4v) is 1.53. The smallest absolute Gasteiger partial charge is 0.276 e. The van der Waals surface area contributed by atoms with Crippen LogP contribution in [0.1, 0.15) is 5.56 Å². The Morgan fingerprint density at radius 2 is 1.85 bits per heavy atom. The number of halogens is 1. The molecule has 3 aromatic heterocycles. The van der Waals surface area contributed by atoms with Crippen LogP contribution in [-0.4, -0.2) is 20.1 Å². The van der Waals surface area contributed by atoms with Crippen molar-refractivity contribution >= 4 is 0 Å². The summed E-state index contributed by atoms with van der Waals surface area (Å²) in [4.78, 5) is 12.0. The summed E-state index contributed by atoms with van der Waals surface area (Å²) in [6, 6.07) is 7.89. The zero-order valence-corrected chi connectivity index (χ0v) is 9.99. The lowest BCUT2D eigenvalue weighted by molar-refractivity contribution is 0.430. The standard InChI is InChI=1S/C13H6FN5O/c14-9-2-4-10(17-7-9)12-18-13(20-19-12)11-3-1-8(5-15)6-16-11/h1-4,6-7H. The largest absolute Gasteiger partial charge is 0.332 e. The van der Waals surface area contributed by atoms with Gasteiger partial charge in [0, 0.05) is 6.20 Å². The number of nitriles is 1. The third-order valence-corrected chi connectivity index (χ3v) is 2.49. The van der Waals surface area contributed by atoms with Crippen molar-refractivity contribution in [1.29, 1.82) is 5.26 Å². The van der Waals surface area contributed by atoms with E-state index in [1.54, 1.807) is 12.1 Å². The Morgan fingerprint density at radius 1 is 1.05 bits per heavy atom. The van der Waals surface area contributed by atoms with Crippen molar-refractivity contribution in [3.63, 3.8) is 0 Å². The molecule has 20 heavy (non-hydrogen) atoms. The molecule has 0 N–H and O–H groups in total. The Bertz CT molecular complexity index is 774. The van der Waals surface area contributed by atoms with Crippen LogP contribution in [0.2, 0.25) is 0 Å². The average molecular weight is 267 g/mol. The summed E-state index contributed by atoms with van der Waals surface area (Å²) in [6.45, 7) is 0. The first-order valence-electron chi connectivity index (χ1n) is 5.58. The molecule has 0 unspecified atom stereocenters. The Labute approximate surface area is 112 Å². The van der Waals surface area contributed by atoms with E-state index in [0.29, 0.717) is 17.0 Å². The molecule has 0 atom stereocenters. The maximum atomic E-state index is 12.8. The maximum Gasteiger partial charge on any atom is 0.276 e. The number of aromatic nitrogens is 4. The molecule has 96 valence electrons. The van der Waals surface area contributed by atoms with Crippen LogP contribution < -0.4 is 0 Å². The van der Waals surface area contributed by atoms with Gasteiger partial charge in [-0.25, -0.2) is 14.4 Å². The lowest BCUT2D eigenvalue weighted by atomic mass is 10.2. The highest BCUT2D eigenvalue weighted by Crippen LogP contribution is 2.19. The second-order valence-electron chi connectivity index (χ2n) is 3.83. The lowest BCUT2D eigenvalue weighted by Crippen LogP contribution is -1.87. The van der Waals surface area contributed by atoms with Gasteiger partial charge in [-0.05, 0) is 24.3 Å². The van der Waals surface area contributed by atoms with Crippen molar-refractivity contribution in [2.45, 2.75) is 0 Å². The zero-order valence-electron chi connectivity index (χ0n) is 9.99. The summed E-state index contributed by atoms with van der Waals surface area (Å²) in [5.74, 6) is 0.00741. The van der Waals surface area contributed by atoms with Crippen molar-refractivity contribution < 1.29 is 8.91 Å². The van der Waals surface area contributed by atoms with Crippen LogP contribution in [0.25, 0.3) is 23.1 Å². The molecule has 3 aromatic rings. The number of hydrogen-bond acceptors (Lipinski definition) is 6. The van der Waals surface area contributed by atoms with Gasteiger partial charge in [0.2, 0.25) is 5.82 Å². The van der Waals surface area contributed by atoms with Gasteiger partial charge >= 0.3 is 0 Å². The van der Waals surface area contributed by atoms with E-state index in [-0.39, 0.29) is 11.7 Å². The monoisotopic (exact) mass is 267 g/mol. The summed E-state index contributed by atoms with van der Waals surface area (Å²) in [5, 5.41) is 12.5. The Morgan fingerprint density at radius 3 is 2.50 bits per heavy atom. The molecule has 0 fully saturated rings. The molecule has 7 heteroatoms. The number of nitrogens with zero attached hydrogens (tertiary/aromatic N) is 5. The molecule has 3 heterocycles. The quantitative estimate of drug-likeness (QED) is 0.707. The van der Waals surface area contributed by atoms with Crippen LogP contribution in [-0.2, 0) is 0 Å². The van der Waals surface area contributed by atoms with Gasteiger partial charge in [0.1, 0.15) is 23.3 Å². The molecule has 0 aliphatic heterocycles. The van der Waals surface area contributed by atoms with Gasteiger partial charge < -0.3 is 4.52 Å². The summed E-state index contributed by atoms with van der Waals surface area (Å²) in [7, 11) is 0. The molecule has 3 rings (SSSR count). The summed E-state index contributed by atoms with van der Waals surface area (Å²) in [6.07, 6.45) is 2.49. The Hall–Kier alpha value is -3.14. The summed E-state index contributed by atoms with van der Waals surface area (Å²) < 4.78 is 17.8. The third kappa shape index (κ3) is 2.22. The predicted molar refractivity (Wildman–Crippen MR) is 65.4 cm³/mol. The minimum absolute atomic E-state index is 0.204. The molecule has 0 amide bonds. The van der Waals surface area contributed by atoms with E-state index in [1.165, 1.54) is 18.3 Å². The van der Waals surface area contributed by atoms with Gasteiger partial charge in [-0.1, -0.05) is 5.16 Å². The lowest BCUT2D eigenvalue weighted by Gasteiger charge is -1.93. The third-order valence-electron chi connectivity index (χ3n) is 2.49. The van der Waals surface area contributed by atoms with Gasteiger partial charge in [-0.3, -0.25) is 0 Å². The Kier molecular flexibility index (Phi) is 2.89. The maximum absolute atomic E-state index is 12.8. The molecule has 0 aliphatic rings. The molecule has 6 nitrogen and oxygen atoms in total. The van der Waals surface area contributed by atoms with E-state index in [4.69, 9.17) is 9.78 Å². The normalized spacial score (nSPS) is 10.2. The van der Waals surface area contributed by atoms with Crippen molar-refractivity contribution in [3.8, 4) is 29.2 Å². The minimum Gasteiger partial charge on any atom is -0.332 e. The van der Waals surface area contributed by atoms with Gasteiger partial charge in [0.05, 0.1) is 11.8 Å². The average Bonchev–Trinajstić information content (AvgIpc) is 2.98. The molecule has 0 saturated carbocycles. The molecule has 0 aromatic carbocycles. The topological polar surface area (TPSA) is 88.5 Å². The number of pyridine rings is 2. The van der Waals surface area contributed by atoms with E-state index in [2.05, 4.69) is 20.1 Å². The van der Waals surface area contributed by atoms with Crippen LogP contribution in [0.15, 0.2) is 41.2 Å².